The molecular weight excluding hydrogens is 198 g/mol. The minimum Gasteiger partial charge on any atom is -0.329 e. The van der Waals surface area contributed by atoms with Crippen LogP contribution >= 0.6 is 0 Å². The van der Waals surface area contributed by atoms with E-state index in [0.717, 1.165) is 13.1 Å². The van der Waals surface area contributed by atoms with Crippen LogP contribution in [0.25, 0.3) is 6.08 Å². The van der Waals surface area contributed by atoms with Gasteiger partial charge in [-0.1, -0.05) is 12.5 Å². The molecule has 0 saturated heterocycles. The lowest BCUT2D eigenvalue weighted by Gasteiger charge is -2.10. The highest BCUT2D eigenvalue weighted by atomic mass is 15.1. The number of nitrogens with one attached hydrogen (secondary N) is 1. The van der Waals surface area contributed by atoms with Crippen molar-refractivity contribution >= 4 is 6.08 Å². The molecule has 3 nitrogen and oxygen atoms in total. The van der Waals surface area contributed by atoms with Crippen LogP contribution < -0.4 is 5.32 Å². The molecule has 0 radical (unpaired) electrons. The van der Waals surface area contributed by atoms with E-state index >= 15 is 0 Å². The number of imidazole rings is 1. The normalized spacial score (nSPS) is 12.4. The standard InChI is InChI=1S/C13H23N3/c1-5-6-14-8-12(4)7-13-9-15-10-16(13)11(2)3/h7,9-11,14H,5-6,8H2,1-4H3. The molecule has 16 heavy (non-hydrogen) atoms. The predicted molar refractivity (Wildman–Crippen MR) is 69.4 cm³/mol. The van der Waals surface area contributed by atoms with Crippen molar-refractivity contribution in [2.45, 2.75) is 40.2 Å². The van der Waals surface area contributed by atoms with Crippen LogP contribution in [-0.4, -0.2) is 22.6 Å². The van der Waals surface area contributed by atoms with E-state index in [1.165, 1.54) is 17.7 Å². The van der Waals surface area contributed by atoms with Gasteiger partial charge in [-0.3, -0.25) is 0 Å². The van der Waals surface area contributed by atoms with Crippen LogP contribution in [0.2, 0.25) is 0 Å². The third-order valence-electron chi connectivity index (χ3n) is 2.48. The smallest absolute Gasteiger partial charge is 0.0953 e. The molecule has 0 spiro atoms. The van der Waals surface area contributed by atoms with Crippen LogP contribution in [-0.2, 0) is 0 Å². The summed E-state index contributed by atoms with van der Waals surface area (Å²) >= 11 is 0. The van der Waals surface area contributed by atoms with Gasteiger partial charge in [0.05, 0.1) is 18.2 Å². The summed E-state index contributed by atoms with van der Waals surface area (Å²) in [5.74, 6) is 0. The molecule has 0 saturated carbocycles. The minimum atomic E-state index is 0.463. The summed E-state index contributed by atoms with van der Waals surface area (Å²) in [6, 6.07) is 0.463. The molecule has 1 rings (SSSR count). The highest BCUT2D eigenvalue weighted by Gasteiger charge is 2.02. The van der Waals surface area contributed by atoms with E-state index < -0.39 is 0 Å². The lowest BCUT2D eigenvalue weighted by molar-refractivity contribution is 0.595. The Bertz CT molecular complexity index is 337. The van der Waals surface area contributed by atoms with Crippen molar-refractivity contribution in [3.8, 4) is 0 Å². The van der Waals surface area contributed by atoms with Crippen molar-refractivity contribution in [1.29, 1.82) is 0 Å². The maximum Gasteiger partial charge on any atom is 0.0953 e. The Morgan fingerprint density at radius 3 is 2.94 bits per heavy atom. The van der Waals surface area contributed by atoms with E-state index in [9.17, 15) is 0 Å². The lowest BCUT2D eigenvalue weighted by atomic mass is 10.2. The topological polar surface area (TPSA) is 29.9 Å². The van der Waals surface area contributed by atoms with E-state index in [2.05, 4.69) is 48.6 Å². The molecule has 0 bridgehead atoms. The van der Waals surface area contributed by atoms with Crippen LogP contribution in [0.5, 0.6) is 0 Å². The van der Waals surface area contributed by atoms with Gasteiger partial charge in [0.15, 0.2) is 0 Å². The van der Waals surface area contributed by atoms with Gasteiger partial charge in [0, 0.05) is 12.6 Å². The first-order valence-electron chi connectivity index (χ1n) is 6.04. The summed E-state index contributed by atoms with van der Waals surface area (Å²) in [5, 5.41) is 3.40. The van der Waals surface area contributed by atoms with Crippen LogP contribution in [0.3, 0.4) is 0 Å². The summed E-state index contributed by atoms with van der Waals surface area (Å²) in [6.45, 7) is 10.7. The fraction of sp³-hybridized carbons (Fsp3) is 0.615. The second kappa shape index (κ2) is 6.48. The summed E-state index contributed by atoms with van der Waals surface area (Å²) in [5.41, 5.74) is 2.53. The van der Waals surface area contributed by atoms with Crippen molar-refractivity contribution in [1.82, 2.24) is 14.9 Å². The van der Waals surface area contributed by atoms with E-state index in [-0.39, 0.29) is 0 Å². The number of aromatic nitrogens is 2. The Morgan fingerprint density at radius 2 is 2.31 bits per heavy atom. The fourth-order valence-electron chi connectivity index (χ4n) is 1.62. The Labute approximate surface area is 98.6 Å². The molecule has 1 aromatic rings. The molecule has 0 aliphatic heterocycles. The van der Waals surface area contributed by atoms with E-state index in [4.69, 9.17) is 0 Å². The molecule has 3 heteroatoms. The van der Waals surface area contributed by atoms with Gasteiger partial charge in [-0.15, -0.1) is 0 Å². The number of hydrogen-bond acceptors (Lipinski definition) is 2. The molecule has 0 aliphatic rings. The van der Waals surface area contributed by atoms with Gasteiger partial charge in [0.25, 0.3) is 0 Å². The second-order valence-corrected chi connectivity index (χ2v) is 4.49. The van der Waals surface area contributed by atoms with Gasteiger partial charge in [0.2, 0.25) is 0 Å². The molecule has 0 unspecified atom stereocenters. The molecule has 0 atom stereocenters. The first-order valence-corrected chi connectivity index (χ1v) is 6.04. The summed E-state index contributed by atoms with van der Waals surface area (Å²) in [7, 11) is 0. The number of rotatable bonds is 6. The van der Waals surface area contributed by atoms with Crippen molar-refractivity contribution < 1.29 is 0 Å². The molecule has 0 fully saturated rings. The molecule has 1 heterocycles. The van der Waals surface area contributed by atoms with Gasteiger partial charge in [0.1, 0.15) is 0 Å². The van der Waals surface area contributed by atoms with Crippen LogP contribution in [0, 0.1) is 0 Å². The van der Waals surface area contributed by atoms with Gasteiger partial charge in [-0.2, -0.15) is 0 Å². The van der Waals surface area contributed by atoms with Crippen LogP contribution in [0.15, 0.2) is 18.1 Å². The third-order valence-corrected chi connectivity index (χ3v) is 2.48. The third kappa shape index (κ3) is 3.81. The Morgan fingerprint density at radius 1 is 1.56 bits per heavy atom. The predicted octanol–water partition coefficient (Wildman–Crippen LogP) is 2.87. The maximum absolute atomic E-state index is 4.19. The molecule has 90 valence electrons. The average molecular weight is 221 g/mol. The summed E-state index contributed by atoms with van der Waals surface area (Å²) < 4.78 is 2.18. The van der Waals surface area contributed by atoms with Gasteiger partial charge < -0.3 is 9.88 Å². The number of nitrogens with zero attached hydrogens (tertiary/aromatic N) is 2. The molecule has 0 amide bonds. The van der Waals surface area contributed by atoms with E-state index in [0.29, 0.717) is 6.04 Å². The molecule has 1 N–H and O–H groups in total. The number of hydrogen-bond donors (Lipinski definition) is 1. The van der Waals surface area contributed by atoms with E-state index in [1.54, 1.807) is 0 Å². The molecule has 0 aliphatic carbocycles. The molecule has 1 aromatic heterocycles. The Hall–Kier alpha value is -1.09. The summed E-state index contributed by atoms with van der Waals surface area (Å²) in [4.78, 5) is 4.19. The van der Waals surface area contributed by atoms with Crippen LogP contribution in [0.1, 0.15) is 45.9 Å². The van der Waals surface area contributed by atoms with Gasteiger partial charge in [-0.05, 0) is 39.8 Å². The van der Waals surface area contributed by atoms with Gasteiger partial charge >= 0.3 is 0 Å². The fourth-order valence-corrected chi connectivity index (χ4v) is 1.62. The molecule has 0 aromatic carbocycles. The lowest BCUT2D eigenvalue weighted by Crippen LogP contribution is -2.16. The zero-order valence-corrected chi connectivity index (χ0v) is 10.8. The quantitative estimate of drug-likeness (QED) is 0.749. The zero-order valence-electron chi connectivity index (χ0n) is 10.8. The monoisotopic (exact) mass is 221 g/mol. The van der Waals surface area contributed by atoms with E-state index in [1.807, 2.05) is 12.5 Å². The average Bonchev–Trinajstić information content (AvgIpc) is 2.66. The van der Waals surface area contributed by atoms with Crippen molar-refractivity contribution in [2.75, 3.05) is 13.1 Å². The van der Waals surface area contributed by atoms with Crippen molar-refractivity contribution in [2.24, 2.45) is 0 Å². The highest BCUT2D eigenvalue weighted by Crippen LogP contribution is 2.12. The zero-order chi connectivity index (χ0) is 12.0. The second-order valence-electron chi connectivity index (χ2n) is 4.49. The molecular formula is C13H23N3. The first kappa shape index (κ1) is 13.0. The largest absolute Gasteiger partial charge is 0.329 e. The first-order chi connectivity index (χ1) is 7.65. The minimum absolute atomic E-state index is 0.463. The Balaban J connectivity index is 2.62. The maximum atomic E-state index is 4.19. The highest BCUT2D eigenvalue weighted by molar-refractivity contribution is 5.48. The van der Waals surface area contributed by atoms with Gasteiger partial charge in [-0.25, -0.2) is 4.98 Å². The van der Waals surface area contributed by atoms with Crippen molar-refractivity contribution in [3.05, 3.63) is 23.8 Å². The Kier molecular flexibility index (Phi) is 5.26. The summed E-state index contributed by atoms with van der Waals surface area (Å²) in [6.07, 6.45) is 7.19. The SMILES string of the molecule is CCCNCC(C)=Cc1cncn1C(C)C. The van der Waals surface area contributed by atoms with Crippen LogP contribution in [0.4, 0.5) is 0 Å². The van der Waals surface area contributed by atoms with Crippen molar-refractivity contribution in [3.63, 3.8) is 0 Å².